The lowest BCUT2D eigenvalue weighted by Crippen LogP contribution is -1.77. The lowest BCUT2D eigenvalue weighted by atomic mass is 10.2. The van der Waals surface area contributed by atoms with Crippen molar-refractivity contribution in [3.63, 3.8) is 0 Å². The second-order valence-electron chi connectivity index (χ2n) is 2.66. The molecule has 1 rings (SSSR count). The van der Waals surface area contributed by atoms with Gasteiger partial charge in [-0.05, 0) is 18.6 Å². The van der Waals surface area contributed by atoms with Crippen molar-refractivity contribution < 1.29 is 0 Å². The summed E-state index contributed by atoms with van der Waals surface area (Å²) in [5.74, 6) is 0. The van der Waals surface area contributed by atoms with Crippen LogP contribution < -0.4 is 0 Å². The topological polar surface area (TPSA) is 4.93 Å². The van der Waals surface area contributed by atoms with Gasteiger partial charge in [-0.3, -0.25) is 0 Å². The predicted molar refractivity (Wildman–Crippen MR) is 49.3 cm³/mol. The van der Waals surface area contributed by atoms with Gasteiger partial charge in [-0.2, -0.15) is 0 Å². The maximum absolute atomic E-state index is 2.21. The largest absolute Gasteiger partial charge is 0.331 e. The van der Waals surface area contributed by atoms with Crippen molar-refractivity contribution in [2.75, 3.05) is 0 Å². The van der Waals surface area contributed by atoms with Gasteiger partial charge in [0.15, 0.2) is 0 Å². The van der Waals surface area contributed by atoms with Crippen molar-refractivity contribution in [1.82, 2.24) is 4.57 Å². The van der Waals surface area contributed by atoms with Crippen LogP contribution in [0.3, 0.4) is 0 Å². The van der Waals surface area contributed by atoms with Crippen LogP contribution in [0.25, 0.3) is 6.20 Å². The molecule has 0 amide bonds. The zero-order valence-electron chi connectivity index (χ0n) is 7.03. The Morgan fingerprint density at radius 3 is 2.64 bits per heavy atom. The van der Waals surface area contributed by atoms with Gasteiger partial charge in [0.1, 0.15) is 0 Å². The lowest BCUT2D eigenvalue weighted by Gasteiger charge is -1.91. The summed E-state index contributed by atoms with van der Waals surface area (Å²) >= 11 is 0. The van der Waals surface area contributed by atoms with E-state index in [-0.39, 0.29) is 0 Å². The molecule has 1 aromatic rings. The highest BCUT2D eigenvalue weighted by atomic mass is 14.9. The van der Waals surface area contributed by atoms with E-state index in [1.165, 1.54) is 19.3 Å². The van der Waals surface area contributed by atoms with Crippen molar-refractivity contribution in [3.8, 4) is 0 Å². The summed E-state index contributed by atoms with van der Waals surface area (Å²) in [6.07, 6.45) is 12.2. The van der Waals surface area contributed by atoms with E-state index in [0.29, 0.717) is 0 Å². The number of allylic oxidation sites excluding steroid dienone is 1. The summed E-state index contributed by atoms with van der Waals surface area (Å²) in [5.41, 5.74) is 0. The van der Waals surface area contributed by atoms with Crippen molar-refractivity contribution >= 4 is 6.20 Å². The molecule has 0 aliphatic heterocycles. The van der Waals surface area contributed by atoms with E-state index in [0.717, 1.165) is 0 Å². The smallest absolute Gasteiger partial charge is 0.00823 e. The second kappa shape index (κ2) is 4.78. The molecule has 0 saturated carbocycles. The van der Waals surface area contributed by atoms with Gasteiger partial charge in [0.2, 0.25) is 0 Å². The van der Waals surface area contributed by atoms with Crippen LogP contribution in [0.4, 0.5) is 0 Å². The molecule has 0 unspecified atom stereocenters. The maximum atomic E-state index is 2.21. The molecule has 0 bridgehead atoms. The van der Waals surface area contributed by atoms with Crippen LogP contribution in [0.15, 0.2) is 30.6 Å². The molecule has 1 nitrogen and oxygen atoms in total. The van der Waals surface area contributed by atoms with E-state index >= 15 is 0 Å². The van der Waals surface area contributed by atoms with Gasteiger partial charge >= 0.3 is 0 Å². The van der Waals surface area contributed by atoms with E-state index < -0.39 is 0 Å². The van der Waals surface area contributed by atoms with E-state index in [1.54, 1.807) is 0 Å². The minimum Gasteiger partial charge on any atom is -0.331 e. The Kier molecular flexibility index (Phi) is 3.53. The first-order valence-corrected chi connectivity index (χ1v) is 4.22. The molecular formula is C10H15N. The van der Waals surface area contributed by atoms with Crippen LogP contribution in [0.5, 0.6) is 0 Å². The number of hydrogen-bond acceptors (Lipinski definition) is 0. The Labute approximate surface area is 68.4 Å². The van der Waals surface area contributed by atoms with E-state index in [9.17, 15) is 0 Å². The molecule has 0 spiro atoms. The van der Waals surface area contributed by atoms with Crippen molar-refractivity contribution in [3.05, 3.63) is 30.6 Å². The quantitative estimate of drug-likeness (QED) is 0.579. The Bertz CT molecular complexity index is 197. The Balaban J connectivity index is 2.25. The highest BCUT2D eigenvalue weighted by Gasteiger charge is 1.79. The molecule has 11 heavy (non-hydrogen) atoms. The van der Waals surface area contributed by atoms with Gasteiger partial charge < -0.3 is 4.57 Å². The molecular weight excluding hydrogens is 134 g/mol. The Hall–Kier alpha value is -0.980. The number of rotatable bonds is 4. The van der Waals surface area contributed by atoms with Gasteiger partial charge in [-0.15, -0.1) is 0 Å². The summed E-state index contributed by atoms with van der Waals surface area (Å²) < 4.78 is 2.07. The summed E-state index contributed by atoms with van der Waals surface area (Å²) in [7, 11) is 0. The standard InChI is InChI=1S/C10H15N/c1-2-3-4-5-8-11-9-6-7-10-11/h5-10H,2-4H2,1H3. The van der Waals surface area contributed by atoms with Crippen molar-refractivity contribution in [2.45, 2.75) is 26.2 Å². The summed E-state index contributed by atoms with van der Waals surface area (Å²) in [5, 5.41) is 0. The molecule has 0 radical (unpaired) electrons. The second-order valence-corrected chi connectivity index (χ2v) is 2.66. The molecule has 0 aliphatic carbocycles. The molecule has 0 N–H and O–H groups in total. The van der Waals surface area contributed by atoms with E-state index in [1.807, 2.05) is 24.5 Å². The predicted octanol–water partition coefficient (Wildman–Crippen LogP) is 3.15. The third kappa shape index (κ3) is 3.08. The Morgan fingerprint density at radius 1 is 1.27 bits per heavy atom. The lowest BCUT2D eigenvalue weighted by molar-refractivity contribution is 0.815. The van der Waals surface area contributed by atoms with Crippen LogP contribution in [-0.4, -0.2) is 4.57 Å². The number of hydrogen-bond donors (Lipinski definition) is 0. The van der Waals surface area contributed by atoms with Gasteiger partial charge in [-0.1, -0.05) is 25.8 Å². The minimum absolute atomic E-state index is 1.19. The zero-order chi connectivity index (χ0) is 7.94. The first-order chi connectivity index (χ1) is 5.43. The van der Waals surface area contributed by atoms with Gasteiger partial charge in [0, 0.05) is 18.6 Å². The average Bonchev–Trinajstić information content (AvgIpc) is 2.50. The fraction of sp³-hybridized carbons (Fsp3) is 0.400. The highest BCUT2D eigenvalue weighted by Crippen LogP contribution is 1.97. The molecule has 1 aromatic heterocycles. The third-order valence-corrected chi connectivity index (χ3v) is 1.63. The van der Waals surface area contributed by atoms with Crippen LogP contribution in [-0.2, 0) is 0 Å². The number of nitrogens with zero attached hydrogens (tertiary/aromatic N) is 1. The molecule has 0 aromatic carbocycles. The summed E-state index contributed by atoms with van der Waals surface area (Å²) in [6, 6.07) is 4.06. The fourth-order valence-electron chi connectivity index (χ4n) is 0.965. The highest BCUT2D eigenvalue weighted by molar-refractivity contribution is 5.22. The van der Waals surface area contributed by atoms with Gasteiger partial charge in [-0.25, -0.2) is 0 Å². The third-order valence-electron chi connectivity index (χ3n) is 1.63. The maximum Gasteiger partial charge on any atom is 0.00823 e. The molecule has 60 valence electrons. The molecule has 1 heterocycles. The van der Waals surface area contributed by atoms with Gasteiger partial charge in [0.05, 0.1) is 0 Å². The van der Waals surface area contributed by atoms with E-state index in [2.05, 4.69) is 23.8 Å². The summed E-state index contributed by atoms with van der Waals surface area (Å²) in [4.78, 5) is 0. The molecule has 0 aliphatic rings. The Morgan fingerprint density at radius 2 is 2.00 bits per heavy atom. The fourth-order valence-corrected chi connectivity index (χ4v) is 0.965. The average molecular weight is 149 g/mol. The van der Waals surface area contributed by atoms with Crippen LogP contribution >= 0.6 is 0 Å². The number of unbranched alkanes of at least 4 members (excludes halogenated alkanes) is 2. The van der Waals surface area contributed by atoms with Crippen LogP contribution in [0, 0.1) is 0 Å². The molecule has 1 heteroatoms. The zero-order valence-corrected chi connectivity index (χ0v) is 7.03. The minimum atomic E-state index is 1.19. The first-order valence-electron chi connectivity index (χ1n) is 4.22. The van der Waals surface area contributed by atoms with E-state index in [4.69, 9.17) is 0 Å². The monoisotopic (exact) mass is 149 g/mol. The normalized spacial score (nSPS) is 11.0. The molecule has 0 fully saturated rings. The van der Waals surface area contributed by atoms with Crippen LogP contribution in [0.2, 0.25) is 0 Å². The molecule has 0 saturated heterocycles. The SMILES string of the molecule is CCCCC=Cn1cccc1. The number of aromatic nitrogens is 1. The first kappa shape index (κ1) is 8.12. The molecule has 0 atom stereocenters. The van der Waals surface area contributed by atoms with Crippen molar-refractivity contribution in [1.29, 1.82) is 0 Å². The van der Waals surface area contributed by atoms with Gasteiger partial charge in [0.25, 0.3) is 0 Å². The summed E-state index contributed by atoms with van der Waals surface area (Å²) in [6.45, 7) is 2.21. The van der Waals surface area contributed by atoms with Crippen molar-refractivity contribution in [2.24, 2.45) is 0 Å². The van der Waals surface area contributed by atoms with Crippen LogP contribution in [0.1, 0.15) is 26.2 Å².